The van der Waals surface area contributed by atoms with Gasteiger partial charge in [0.05, 0.1) is 33.3 Å². The second kappa shape index (κ2) is 12.9. The topological polar surface area (TPSA) is 35.6 Å². The fraction of sp³-hybridized carbons (Fsp3) is 0. The Labute approximate surface area is 334 Å². The molecule has 0 bridgehead atoms. The van der Waals surface area contributed by atoms with Crippen molar-refractivity contribution in [1.82, 2.24) is 19.1 Å². The third-order valence-electron chi connectivity index (χ3n) is 11.7. The number of aromatic nitrogens is 4. The molecule has 4 nitrogen and oxygen atoms in total. The molecule has 3 aromatic heterocycles. The van der Waals surface area contributed by atoms with E-state index in [9.17, 15) is 0 Å². The number of fused-ring (bicyclic) bond motifs is 9. The van der Waals surface area contributed by atoms with Crippen molar-refractivity contribution in [2.75, 3.05) is 0 Å². The van der Waals surface area contributed by atoms with Crippen LogP contribution in [0.4, 0.5) is 0 Å². The van der Waals surface area contributed by atoms with E-state index in [-0.39, 0.29) is 0 Å². The first-order valence-electron chi connectivity index (χ1n) is 19.8. The second-order valence-corrected chi connectivity index (χ2v) is 15.0. The molecule has 3 heterocycles. The van der Waals surface area contributed by atoms with Crippen LogP contribution in [0.15, 0.2) is 206 Å². The van der Waals surface area contributed by atoms with Crippen LogP contribution in [0.2, 0.25) is 0 Å². The number of benzene rings is 9. The van der Waals surface area contributed by atoms with Gasteiger partial charge in [0.2, 0.25) is 5.95 Å². The minimum absolute atomic E-state index is 0.652. The first-order chi connectivity index (χ1) is 28.8. The molecule has 12 aromatic rings. The fourth-order valence-corrected chi connectivity index (χ4v) is 9.10. The van der Waals surface area contributed by atoms with Crippen molar-refractivity contribution < 1.29 is 0 Å². The van der Waals surface area contributed by atoms with Gasteiger partial charge < -0.3 is 4.57 Å². The van der Waals surface area contributed by atoms with Gasteiger partial charge in [-0.15, -0.1) is 0 Å². The third-order valence-corrected chi connectivity index (χ3v) is 11.7. The zero-order chi connectivity index (χ0) is 38.2. The Morgan fingerprint density at radius 3 is 1.60 bits per heavy atom. The number of hydrogen-bond acceptors (Lipinski definition) is 2. The lowest BCUT2D eigenvalue weighted by Gasteiger charge is -2.14. The Kier molecular flexibility index (Phi) is 7.20. The molecule has 4 heteroatoms. The van der Waals surface area contributed by atoms with Crippen molar-refractivity contribution >= 4 is 65.3 Å². The summed E-state index contributed by atoms with van der Waals surface area (Å²) in [6, 6.07) is 73.8. The van der Waals surface area contributed by atoms with Crippen molar-refractivity contribution in [3.8, 4) is 45.1 Å². The second-order valence-electron chi connectivity index (χ2n) is 15.0. The molecule has 0 saturated carbocycles. The maximum Gasteiger partial charge on any atom is 0.235 e. The van der Waals surface area contributed by atoms with Gasteiger partial charge >= 0.3 is 0 Å². The summed E-state index contributed by atoms with van der Waals surface area (Å²) in [7, 11) is 0. The molecule has 0 aliphatic carbocycles. The van der Waals surface area contributed by atoms with Crippen LogP contribution in [0, 0.1) is 0 Å². The Morgan fingerprint density at radius 2 is 0.845 bits per heavy atom. The molecule has 9 aromatic carbocycles. The van der Waals surface area contributed by atoms with Crippen LogP contribution < -0.4 is 0 Å². The summed E-state index contributed by atoms with van der Waals surface area (Å²) in [5.74, 6) is 0.652. The molecule has 270 valence electrons. The summed E-state index contributed by atoms with van der Waals surface area (Å²) in [5, 5.41) is 8.17. The quantitative estimate of drug-likeness (QED) is 0.176. The molecule has 0 spiro atoms. The summed E-state index contributed by atoms with van der Waals surface area (Å²) in [6.45, 7) is 0. The number of nitrogens with zero attached hydrogens (tertiary/aromatic N) is 4. The number of para-hydroxylation sites is 4. The van der Waals surface area contributed by atoms with Gasteiger partial charge in [-0.05, 0) is 70.1 Å². The predicted molar refractivity (Wildman–Crippen MR) is 242 cm³/mol. The van der Waals surface area contributed by atoms with E-state index in [1.54, 1.807) is 0 Å². The maximum atomic E-state index is 5.45. The lowest BCUT2D eigenvalue weighted by atomic mass is 9.94. The van der Waals surface area contributed by atoms with Gasteiger partial charge in [0, 0.05) is 43.6 Å². The van der Waals surface area contributed by atoms with Gasteiger partial charge in [-0.2, -0.15) is 0 Å². The molecule has 0 fully saturated rings. The Hall–Kier alpha value is -7.82. The Balaban J connectivity index is 1.11. The first-order valence-corrected chi connectivity index (χ1v) is 19.8. The van der Waals surface area contributed by atoms with Crippen LogP contribution in [0.5, 0.6) is 0 Å². The van der Waals surface area contributed by atoms with Crippen LogP contribution >= 0.6 is 0 Å². The minimum atomic E-state index is 0.652. The van der Waals surface area contributed by atoms with Crippen molar-refractivity contribution in [3.63, 3.8) is 0 Å². The summed E-state index contributed by atoms with van der Waals surface area (Å²) >= 11 is 0. The third kappa shape index (κ3) is 4.95. The molecule has 0 amide bonds. The van der Waals surface area contributed by atoms with Gasteiger partial charge in [0.25, 0.3) is 0 Å². The number of hydrogen-bond donors (Lipinski definition) is 0. The molecule has 0 aliphatic rings. The molecule has 0 radical (unpaired) electrons. The lowest BCUT2D eigenvalue weighted by molar-refractivity contribution is 1.02. The largest absolute Gasteiger partial charge is 0.309 e. The molecular formula is C54H34N4. The molecular weight excluding hydrogens is 705 g/mol. The monoisotopic (exact) mass is 738 g/mol. The van der Waals surface area contributed by atoms with Crippen molar-refractivity contribution in [3.05, 3.63) is 206 Å². The van der Waals surface area contributed by atoms with Crippen LogP contribution in [0.1, 0.15) is 0 Å². The van der Waals surface area contributed by atoms with E-state index in [0.717, 1.165) is 49.7 Å². The molecule has 0 aliphatic heterocycles. The van der Waals surface area contributed by atoms with E-state index in [1.165, 1.54) is 54.8 Å². The number of rotatable bonds is 5. The minimum Gasteiger partial charge on any atom is -0.309 e. The molecule has 58 heavy (non-hydrogen) atoms. The van der Waals surface area contributed by atoms with Gasteiger partial charge in [0.15, 0.2) is 0 Å². The Morgan fingerprint density at radius 1 is 0.310 bits per heavy atom. The highest BCUT2D eigenvalue weighted by Gasteiger charge is 2.22. The maximum absolute atomic E-state index is 5.45. The zero-order valence-electron chi connectivity index (χ0n) is 31.4. The standard InChI is InChI=1S/C54H34N4/c1-3-15-35(16-4-1)36-27-29-37(30-28-36)52-45-23-9-12-24-48(45)55-54(56-52)58-50-26-14-11-21-42(50)47-34-46(40-19-7-8-22-44(40)53(47)58)38-31-32-43-41-20-10-13-25-49(41)57(51(43)33-38)39-17-5-2-6-18-39/h1-34H. The summed E-state index contributed by atoms with van der Waals surface area (Å²) in [6.07, 6.45) is 0. The SMILES string of the molecule is c1ccc(-c2ccc(-c3nc(-n4c5ccccc5c5cc(-c6ccc7c8ccccc8n(-c8ccccc8)c7c6)c6ccccc6c54)nc4ccccc34)cc2)cc1. The van der Waals surface area contributed by atoms with Gasteiger partial charge in [-0.25, -0.2) is 9.97 Å². The average molecular weight is 739 g/mol. The molecule has 0 N–H and O–H groups in total. The average Bonchev–Trinajstić information content (AvgIpc) is 3.82. The fourth-order valence-electron chi connectivity index (χ4n) is 9.10. The highest BCUT2D eigenvalue weighted by atomic mass is 15.2. The molecule has 0 unspecified atom stereocenters. The summed E-state index contributed by atoms with van der Waals surface area (Å²) in [4.78, 5) is 10.7. The van der Waals surface area contributed by atoms with Gasteiger partial charge in [0.1, 0.15) is 0 Å². The molecule has 12 rings (SSSR count). The summed E-state index contributed by atoms with van der Waals surface area (Å²) < 4.78 is 4.67. The zero-order valence-corrected chi connectivity index (χ0v) is 31.4. The summed E-state index contributed by atoms with van der Waals surface area (Å²) in [5.41, 5.74) is 13.3. The van der Waals surface area contributed by atoms with E-state index in [1.807, 2.05) is 0 Å². The van der Waals surface area contributed by atoms with E-state index in [2.05, 4.69) is 215 Å². The highest BCUT2D eigenvalue weighted by molar-refractivity contribution is 6.22. The van der Waals surface area contributed by atoms with Crippen molar-refractivity contribution in [2.24, 2.45) is 0 Å². The van der Waals surface area contributed by atoms with E-state index < -0.39 is 0 Å². The van der Waals surface area contributed by atoms with Crippen LogP contribution in [-0.4, -0.2) is 19.1 Å². The molecule has 0 saturated heterocycles. The highest BCUT2D eigenvalue weighted by Crippen LogP contribution is 2.43. The van der Waals surface area contributed by atoms with E-state index >= 15 is 0 Å². The smallest absolute Gasteiger partial charge is 0.235 e. The van der Waals surface area contributed by atoms with Crippen molar-refractivity contribution in [2.45, 2.75) is 0 Å². The normalized spacial score (nSPS) is 11.8. The van der Waals surface area contributed by atoms with E-state index in [4.69, 9.17) is 9.97 Å². The van der Waals surface area contributed by atoms with Gasteiger partial charge in [-0.1, -0.05) is 164 Å². The molecule has 0 atom stereocenters. The Bertz CT molecular complexity index is 3540. The van der Waals surface area contributed by atoms with E-state index in [0.29, 0.717) is 5.95 Å². The van der Waals surface area contributed by atoms with Crippen LogP contribution in [-0.2, 0) is 0 Å². The first kappa shape index (κ1) is 32.4. The predicted octanol–water partition coefficient (Wildman–Crippen LogP) is 14.0. The van der Waals surface area contributed by atoms with Crippen LogP contribution in [0.25, 0.3) is 110 Å². The van der Waals surface area contributed by atoms with Crippen molar-refractivity contribution in [1.29, 1.82) is 0 Å². The van der Waals surface area contributed by atoms with Gasteiger partial charge in [-0.3, -0.25) is 4.57 Å². The lowest BCUT2D eigenvalue weighted by Crippen LogP contribution is -2.04. The van der Waals surface area contributed by atoms with Crippen LogP contribution in [0.3, 0.4) is 0 Å².